The summed E-state index contributed by atoms with van der Waals surface area (Å²) in [7, 11) is 0. The van der Waals surface area contributed by atoms with Gasteiger partial charge in [0.15, 0.2) is 0 Å². The Balaban J connectivity index is 1.90. The first-order valence-corrected chi connectivity index (χ1v) is 7.42. The summed E-state index contributed by atoms with van der Waals surface area (Å²) in [6.07, 6.45) is 3.84. The average Bonchev–Trinajstić information content (AvgIpc) is 2.90. The molecule has 1 aromatic heterocycles. The van der Waals surface area contributed by atoms with Gasteiger partial charge in [-0.3, -0.25) is 0 Å². The number of benzene rings is 2. The molecule has 2 N–H and O–H groups in total. The fourth-order valence-electron chi connectivity index (χ4n) is 2.12. The Morgan fingerprint density at radius 3 is 2.40 bits per heavy atom. The van der Waals surface area contributed by atoms with E-state index in [1.807, 2.05) is 36.7 Å². The molecule has 0 bridgehead atoms. The second-order valence-electron chi connectivity index (χ2n) is 4.63. The van der Waals surface area contributed by atoms with Gasteiger partial charge >= 0.3 is 0 Å². The lowest BCUT2D eigenvalue weighted by atomic mass is 10.2. The summed E-state index contributed by atoms with van der Waals surface area (Å²) < 4.78 is 3.39. The minimum Gasteiger partial charge on any atom is -0.399 e. The molecule has 0 atom stereocenters. The number of nitrogen functional groups attached to an aromatic ring is 1. The molecule has 3 nitrogen and oxygen atoms in total. The van der Waals surface area contributed by atoms with Crippen LogP contribution in [0.15, 0.2) is 60.9 Å². The number of nitrogens with two attached hydrogens (primary N) is 1. The lowest BCUT2D eigenvalue weighted by Gasteiger charge is -2.08. The number of aromatic nitrogens is 2. The molecule has 20 heavy (non-hydrogen) atoms. The quantitative estimate of drug-likeness (QED) is 0.559. The lowest BCUT2D eigenvalue weighted by molar-refractivity contribution is 0.807. The van der Waals surface area contributed by atoms with E-state index in [0.717, 1.165) is 23.6 Å². The maximum atomic E-state index is 5.73. The molecule has 4 heteroatoms. The Morgan fingerprint density at radius 2 is 1.70 bits per heavy atom. The molecule has 3 rings (SSSR count). The van der Waals surface area contributed by atoms with Crippen LogP contribution in [-0.2, 0) is 6.54 Å². The smallest absolute Gasteiger partial charge is 0.140 e. The van der Waals surface area contributed by atoms with Crippen LogP contribution >= 0.6 is 22.6 Å². The molecule has 3 aromatic rings. The van der Waals surface area contributed by atoms with Crippen molar-refractivity contribution in [3.05, 3.63) is 70.1 Å². The van der Waals surface area contributed by atoms with Gasteiger partial charge in [-0.15, -0.1) is 0 Å². The van der Waals surface area contributed by atoms with Crippen LogP contribution in [0.25, 0.3) is 11.4 Å². The standard InChI is InChI=1S/C16H14IN3/c17-14-5-1-12(2-6-14)11-20-10-9-19-16(20)13-3-7-15(18)8-4-13/h1-10H,11,18H2. The van der Waals surface area contributed by atoms with Gasteiger partial charge in [-0.05, 0) is 64.6 Å². The highest BCUT2D eigenvalue weighted by Gasteiger charge is 2.06. The van der Waals surface area contributed by atoms with Crippen LogP contribution in [0.5, 0.6) is 0 Å². The highest BCUT2D eigenvalue weighted by Crippen LogP contribution is 2.20. The summed E-state index contributed by atoms with van der Waals surface area (Å²) in [6.45, 7) is 0.816. The van der Waals surface area contributed by atoms with E-state index in [1.165, 1.54) is 9.13 Å². The highest BCUT2D eigenvalue weighted by atomic mass is 127. The first-order chi connectivity index (χ1) is 9.72. The van der Waals surface area contributed by atoms with E-state index in [9.17, 15) is 0 Å². The SMILES string of the molecule is Nc1ccc(-c2nccn2Cc2ccc(I)cc2)cc1. The van der Waals surface area contributed by atoms with Crippen molar-refractivity contribution in [1.29, 1.82) is 0 Å². The number of nitrogens with zero attached hydrogens (tertiary/aromatic N) is 2. The molecular formula is C16H14IN3. The monoisotopic (exact) mass is 375 g/mol. The van der Waals surface area contributed by atoms with E-state index in [0.29, 0.717) is 0 Å². The summed E-state index contributed by atoms with van der Waals surface area (Å²) in [5, 5.41) is 0. The normalized spacial score (nSPS) is 10.7. The molecule has 100 valence electrons. The zero-order valence-electron chi connectivity index (χ0n) is 10.8. The van der Waals surface area contributed by atoms with Gasteiger partial charge < -0.3 is 10.3 Å². The molecule has 0 saturated carbocycles. The Kier molecular flexibility index (Phi) is 3.73. The van der Waals surface area contributed by atoms with Gasteiger partial charge in [-0.25, -0.2) is 4.98 Å². The van der Waals surface area contributed by atoms with Gasteiger partial charge in [0.25, 0.3) is 0 Å². The van der Waals surface area contributed by atoms with Crippen molar-refractivity contribution in [2.45, 2.75) is 6.54 Å². The summed E-state index contributed by atoms with van der Waals surface area (Å²) in [6, 6.07) is 16.3. The molecule has 0 aliphatic heterocycles. The van der Waals surface area contributed by atoms with Crippen LogP contribution in [0, 0.1) is 3.57 Å². The van der Waals surface area contributed by atoms with E-state index in [4.69, 9.17) is 5.73 Å². The van der Waals surface area contributed by atoms with Crippen LogP contribution in [0.3, 0.4) is 0 Å². The summed E-state index contributed by atoms with van der Waals surface area (Å²) >= 11 is 2.31. The van der Waals surface area contributed by atoms with Crippen LogP contribution in [-0.4, -0.2) is 9.55 Å². The Hall–Kier alpha value is -1.82. The zero-order chi connectivity index (χ0) is 13.9. The van der Waals surface area contributed by atoms with Crippen molar-refractivity contribution >= 4 is 28.3 Å². The zero-order valence-corrected chi connectivity index (χ0v) is 13.0. The van der Waals surface area contributed by atoms with Crippen molar-refractivity contribution in [2.24, 2.45) is 0 Å². The van der Waals surface area contributed by atoms with Gasteiger partial charge in [-0.1, -0.05) is 12.1 Å². The van der Waals surface area contributed by atoms with Crippen molar-refractivity contribution in [2.75, 3.05) is 5.73 Å². The minimum absolute atomic E-state index is 0.768. The molecule has 2 aromatic carbocycles. The third kappa shape index (κ3) is 2.85. The fourth-order valence-corrected chi connectivity index (χ4v) is 2.48. The largest absolute Gasteiger partial charge is 0.399 e. The predicted octanol–water partition coefficient (Wildman–Crippen LogP) is 3.79. The van der Waals surface area contributed by atoms with Gasteiger partial charge in [-0.2, -0.15) is 0 Å². The Labute approximate surface area is 131 Å². The molecule has 0 aliphatic carbocycles. The molecule has 0 aliphatic rings. The highest BCUT2D eigenvalue weighted by molar-refractivity contribution is 14.1. The molecular weight excluding hydrogens is 361 g/mol. The average molecular weight is 375 g/mol. The van der Waals surface area contributed by atoms with Crippen LogP contribution in [0.2, 0.25) is 0 Å². The molecule has 0 fully saturated rings. The number of rotatable bonds is 3. The van der Waals surface area contributed by atoms with Crippen molar-refractivity contribution in [3.8, 4) is 11.4 Å². The molecule has 0 saturated heterocycles. The van der Waals surface area contributed by atoms with Gasteiger partial charge in [0.2, 0.25) is 0 Å². The molecule has 0 amide bonds. The van der Waals surface area contributed by atoms with Crippen LogP contribution < -0.4 is 5.73 Å². The van der Waals surface area contributed by atoms with E-state index >= 15 is 0 Å². The van der Waals surface area contributed by atoms with Crippen LogP contribution in [0.1, 0.15) is 5.56 Å². The van der Waals surface area contributed by atoms with Gasteiger partial charge in [0.05, 0.1) is 0 Å². The first kappa shape index (κ1) is 13.2. The second kappa shape index (κ2) is 5.66. The maximum absolute atomic E-state index is 5.73. The van der Waals surface area contributed by atoms with Crippen molar-refractivity contribution in [3.63, 3.8) is 0 Å². The number of imidazole rings is 1. The van der Waals surface area contributed by atoms with E-state index in [1.54, 1.807) is 0 Å². The Morgan fingerprint density at radius 1 is 1.00 bits per heavy atom. The first-order valence-electron chi connectivity index (χ1n) is 6.34. The minimum atomic E-state index is 0.768. The fraction of sp³-hybridized carbons (Fsp3) is 0.0625. The number of hydrogen-bond donors (Lipinski definition) is 1. The molecule has 0 unspecified atom stereocenters. The summed E-state index contributed by atoms with van der Waals surface area (Å²) in [5.74, 6) is 0.962. The predicted molar refractivity (Wildman–Crippen MR) is 90.3 cm³/mol. The number of hydrogen-bond acceptors (Lipinski definition) is 2. The summed E-state index contributed by atoms with van der Waals surface area (Å²) in [5.41, 5.74) is 8.84. The van der Waals surface area contributed by atoms with Gasteiger partial charge in [0, 0.05) is 33.8 Å². The van der Waals surface area contributed by atoms with Crippen molar-refractivity contribution in [1.82, 2.24) is 9.55 Å². The Bertz CT molecular complexity index is 699. The molecule has 0 radical (unpaired) electrons. The van der Waals surface area contributed by atoms with E-state index < -0.39 is 0 Å². The maximum Gasteiger partial charge on any atom is 0.140 e. The van der Waals surface area contributed by atoms with Crippen molar-refractivity contribution < 1.29 is 0 Å². The second-order valence-corrected chi connectivity index (χ2v) is 5.87. The lowest BCUT2D eigenvalue weighted by Crippen LogP contribution is -2.01. The number of anilines is 1. The molecule has 1 heterocycles. The van der Waals surface area contributed by atoms with E-state index in [2.05, 4.69) is 56.4 Å². The van der Waals surface area contributed by atoms with Crippen LogP contribution in [0.4, 0.5) is 5.69 Å². The van der Waals surface area contributed by atoms with Gasteiger partial charge in [0.1, 0.15) is 5.82 Å². The topological polar surface area (TPSA) is 43.8 Å². The third-order valence-electron chi connectivity index (χ3n) is 3.15. The van der Waals surface area contributed by atoms with E-state index in [-0.39, 0.29) is 0 Å². The summed E-state index contributed by atoms with van der Waals surface area (Å²) in [4.78, 5) is 4.45. The number of halogens is 1. The third-order valence-corrected chi connectivity index (χ3v) is 3.87. The molecule has 0 spiro atoms.